The number of fused-ring (bicyclic) bond motifs is 1. The highest BCUT2D eigenvalue weighted by Crippen LogP contribution is 2.37. The number of aromatic amines is 1. The maximum atomic E-state index is 14.0. The van der Waals surface area contributed by atoms with E-state index in [4.69, 9.17) is 11.6 Å². The average Bonchev–Trinajstić information content (AvgIpc) is 3.28. The van der Waals surface area contributed by atoms with Crippen LogP contribution in [0.15, 0.2) is 42.7 Å². The number of hydrogen-bond donors (Lipinski definition) is 2. The van der Waals surface area contributed by atoms with E-state index in [0.717, 1.165) is 18.5 Å². The number of halogens is 5. The quantitative estimate of drug-likeness (QED) is 0.505. The Balaban J connectivity index is 1.29. The van der Waals surface area contributed by atoms with Crippen LogP contribution < -0.4 is 0 Å². The number of benzene rings is 1. The zero-order valence-corrected chi connectivity index (χ0v) is 19.7. The number of alkyl halides is 3. The van der Waals surface area contributed by atoms with E-state index >= 15 is 0 Å². The second kappa shape index (κ2) is 9.13. The number of piperazine rings is 1. The molecule has 0 spiro atoms. The third kappa shape index (κ3) is 4.46. The Morgan fingerprint density at radius 1 is 1.19 bits per heavy atom. The molecule has 1 aromatic carbocycles. The Labute approximate surface area is 208 Å². The van der Waals surface area contributed by atoms with E-state index in [1.807, 2.05) is 4.90 Å². The fourth-order valence-corrected chi connectivity index (χ4v) is 5.25. The van der Waals surface area contributed by atoms with Gasteiger partial charge in [-0.05, 0) is 31.0 Å². The maximum absolute atomic E-state index is 14.0. The monoisotopic (exact) mass is 523 g/mol. The first-order valence-electron chi connectivity index (χ1n) is 11.3. The molecule has 36 heavy (non-hydrogen) atoms. The highest BCUT2D eigenvalue weighted by molar-refractivity contribution is 6.36. The van der Waals surface area contributed by atoms with Gasteiger partial charge in [0, 0.05) is 44.0 Å². The Morgan fingerprint density at radius 2 is 2.00 bits per heavy atom. The van der Waals surface area contributed by atoms with Crippen molar-refractivity contribution in [1.82, 2.24) is 25.0 Å². The van der Waals surface area contributed by atoms with Gasteiger partial charge in [0.25, 0.3) is 5.91 Å². The number of carbonyl (C=O) groups excluding carboxylic acids is 1. The lowest BCUT2D eigenvalue weighted by Gasteiger charge is -2.49. The second-order valence-corrected chi connectivity index (χ2v) is 9.51. The number of pyridine rings is 1. The number of aliphatic hydroxyl groups is 1. The molecule has 4 heterocycles. The van der Waals surface area contributed by atoms with Crippen molar-refractivity contribution in [2.24, 2.45) is 0 Å². The summed E-state index contributed by atoms with van der Waals surface area (Å²) in [5.74, 6) is -0.862. The van der Waals surface area contributed by atoms with Crippen LogP contribution in [0, 0.1) is 5.82 Å². The molecule has 0 saturated carbocycles. The largest absolute Gasteiger partial charge is 0.417 e. The van der Waals surface area contributed by atoms with Gasteiger partial charge in [-0.15, -0.1) is 0 Å². The van der Waals surface area contributed by atoms with Crippen LogP contribution in [0.1, 0.15) is 34.5 Å². The molecule has 2 fully saturated rings. The number of amides is 1. The number of nitrogens with zero attached hydrogens (tertiary/aromatic N) is 4. The summed E-state index contributed by atoms with van der Waals surface area (Å²) in [4.78, 5) is 20.9. The number of rotatable bonds is 3. The molecule has 2 saturated heterocycles. The van der Waals surface area contributed by atoms with Gasteiger partial charge < -0.3 is 10.0 Å². The van der Waals surface area contributed by atoms with Crippen molar-refractivity contribution in [3.63, 3.8) is 0 Å². The van der Waals surface area contributed by atoms with Crippen molar-refractivity contribution >= 4 is 17.5 Å². The van der Waals surface area contributed by atoms with Gasteiger partial charge >= 0.3 is 6.18 Å². The molecule has 2 aliphatic heterocycles. The summed E-state index contributed by atoms with van der Waals surface area (Å²) in [6, 6.07) is 6.93. The summed E-state index contributed by atoms with van der Waals surface area (Å²) in [5, 5.41) is 17.5. The van der Waals surface area contributed by atoms with Gasteiger partial charge in [-0.2, -0.15) is 18.3 Å². The van der Waals surface area contributed by atoms with Gasteiger partial charge in [-0.3, -0.25) is 19.8 Å². The van der Waals surface area contributed by atoms with Gasteiger partial charge in [0.1, 0.15) is 11.3 Å². The Hall–Kier alpha value is -3.02. The second-order valence-electron chi connectivity index (χ2n) is 9.14. The van der Waals surface area contributed by atoms with Crippen molar-refractivity contribution in [1.29, 1.82) is 0 Å². The summed E-state index contributed by atoms with van der Waals surface area (Å²) in [6.45, 7) is 1.43. The van der Waals surface area contributed by atoms with Crippen molar-refractivity contribution in [2.45, 2.75) is 30.7 Å². The minimum absolute atomic E-state index is 0.0376. The van der Waals surface area contributed by atoms with E-state index in [1.54, 1.807) is 23.1 Å². The molecule has 7 nitrogen and oxygen atoms in total. The molecular weight excluding hydrogens is 502 g/mol. The molecule has 2 aliphatic rings. The zero-order chi connectivity index (χ0) is 25.7. The minimum Gasteiger partial charge on any atom is -0.382 e. The standard InChI is InChI=1S/C24H22ClF4N5O2/c25-20-16(21-18(26)11-31-32-21)2-1-3-17(20)22(35)33-8-9-34-13-23(36,7-6-15(34)12-33)19-5-4-14(10-30-19)24(27,28)29/h1-5,10-11,15,36H,6-9,12-13H2,(H,31,32)/t15-,23-/m1/s1. The Kier molecular flexibility index (Phi) is 6.26. The SMILES string of the molecule is O=C(c1cccc(-c2[nH]ncc2F)c1Cl)N1CCN2C[C@@](O)(c3ccc(C(F)(F)F)cn3)CC[C@@H]2C1. The molecule has 12 heteroatoms. The molecule has 0 radical (unpaired) electrons. The van der Waals surface area contributed by atoms with Gasteiger partial charge in [0.2, 0.25) is 0 Å². The van der Waals surface area contributed by atoms with Crippen molar-refractivity contribution in [3.05, 3.63) is 70.4 Å². The van der Waals surface area contributed by atoms with Gasteiger partial charge in [0.15, 0.2) is 5.82 Å². The molecule has 2 N–H and O–H groups in total. The molecular formula is C24H22ClF4N5O2. The molecule has 5 rings (SSSR count). The lowest BCUT2D eigenvalue weighted by Crippen LogP contribution is -2.60. The first-order valence-corrected chi connectivity index (χ1v) is 11.7. The molecule has 2 aromatic heterocycles. The lowest BCUT2D eigenvalue weighted by molar-refractivity contribution is -0.138. The van der Waals surface area contributed by atoms with Crippen molar-refractivity contribution in [3.8, 4) is 11.3 Å². The summed E-state index contributed by atoms with van der Waals surface area (Å²) in [6.07, 6.45) is -1.91. The van der Waals surface area contributed by atoms with Crippen LogP contribution in [0.3, 0.4) is 0 Å². The molecule has 3 aromatic rings. The highest BCUT2D eigenvalue weighted by atomic mass is 35.5. The Bertz CT molecular complexity index is 1280. The predicted molar refractivity (Wildman–Crippen MR) is 123 cm³/mol. The number of carbonyl (C=O) groups is 1. The van der Waals surface area contributed by atoms with Gasteiger partial charge in [0.05, 0.1) is 28.0 Å². The molecule has 1 amide bonds. The molecule has 2 atom stereocenters. The van der Waals surface area contributed by atoms with E-state index in [1.165, 1.54) is 6.07 Å². The van der Waals surface area contributed by atoms with Crippen LogP contribution in [-0.4, -0.2) is 68.2 Å². The molecule has 0 unspecified atom stereocenters. The van der Waals surface area contributed by atoms with E-state index in [0.29, 0.717) is 38.0 Å². The fraction of sp³-hybridized carbons (Fsp3) is 0.375. The van der Waals surface area contributed by atoms with E-state index in [2.05, 4.69) is 15.2 Å². The first kappa shape index (κ1) is 24.7. The van der Waals surface area contributed by atoms with Crippen LogP contribution >= 0.6 is 11.6 Å². The van der Waals surface area contributed by atoms with Crippen LogP contribution in [0.25, 0.3) is 11.3 Å². The summed E-state index contributed by atoms with van der Waals surface area (Å²) < 4.78 is 52.6. The average molecular weight is 524 g/mol. The zero-order valence-electron chi connectivity index (χ0n) is 18.9. The number of aromatic nitrogens is 3. The fourth-order valence-electron chi connectivity index (χ4n) is 4.95. The highest BCUT2D eigenvalue weighted by Gasteiger charge is 2.43. The molecule has 190 valence electrons. The maximum Gasteiger partial charge on any atom is 0.417 e. The van der Waals surface area contributed by atoms with Crippen molar-refractivity contribution in [2.75, 3.05) is 26.2 Å². The summed E-state index contributed by atoms with van der Waals surface area (Å²) in [5.41, 5.74) is -1.36. The van der Waals surface area contributed by atoms with E-state index < -0.39 is 23.2 Å². The topological polar surface area (TPSA) is 85.4 Å². The third-order valence-electron chi connectivity index (χ3n) is 6.91. The summed E-state index contributed by atoms with van der Waals surface area (Å²) >= 11 is 6.49. The van der Waals surface area contributed by atoms with Gasteiger partial charge in [-0.1, -0.05) is 23.7 Å². The predicted octanol–water partition coefficient (Wildman–Crippen LogP) is 4.09. The number of nitrogens with one attached hydrogen (secondary N) is 1. The van der Waals surface area contributed by atoms with Crippen LogP contribution in [0.2, 0.25) is 5.02 Å². The lowest BCUT2D eigenvalue weighted by atomic mass is 9.84. The van der Waals surface area contributed by atoms with E-state index in [-0.39, 0.29) is 40.5 Å². The molecule has 0 aliphatic carbocycles. The van der Waals surface area contributed by atoms with Crippen LogP contribution in [0.5, 0.6) is 0 Å². The van der Waals surface area contributed by atoms with Gasteiger partial charge in [-0.25, -0.2) is 4.39 Å². The number of piperidine rings is 1. The number of hydrogen-bond acceptors (Lipinski definition) is 5. The first-order chi connectivity index (χ1) is 17.1. The van der Waals surface area contributed by atoms with E-state index in [9.17, 15) is 27.5 Å². The van der Waals surface area contributed by atoms with Crippen LogP contribution in [0.4, 0.5) is 17.6 Å². The number of H-pyrrole nitrogens is 1. The van der Waals surface area contributed by atoms with Crippen molar-refractivity contribution < 1.29 is 27.5 Å². The normalized spacial score (nSPS) is 22.9. The minimum atomic E-state index is -4.50. The molecule has 0 bridgehead atoms. The third-order valence-corrected chi connectivity index (χ3v) is 7.31. The Morgan fingerprint density at radius 3 is 2.67 bits per heavy atom. The van der Waals surface area contributed by atoms with Crippen LogP contribution in [-0.2, 0) is 11.8 Å². The summed E-state index contributed by atoms with van der Waals surface area (Å²) in [7, 11) is 0. The smallest absolute Gasteiger partial charge is 0.382 e.